The number of aromatic nitrogens is 2. The van der Waals surface area contributed by atoms with Crippen LogP contribution in [0.2, 0.25) is 0 Å². The van der Waals surface area contributed by atoms with E-state index < -0.39 is 29.1 Å². The Bertz CT molecular complexity index is 1230. The molecule has 2 spiro atoms. The first-order valence-corrected chi connectivity index (χ1v) is 13.2. The van der Waals surface area contributed by atoms with Crippen molar-refractivity contribution in [2.75, 3.05) is 14.1 Å². The van der Waals surface area contributed by atoms with E-state index >= 15 is 4.39 Å². The molecule has 7 heteroatoms. The fourth-order valence-electron chi connectivity index (χ4n) is 9.12. The highest BCUT2D eigenvalue weighted by molar-refractivity contribution is 5.84. The van der Waals surface area contributed by atoms with Gasteiger partial charge in [-0.15, -0.1) is 0 Å². The van der Waals surface area contributed by atoms with Crippen LogP contribution in [0.3, 0.4) is 0 Å². The van der Waals surface area contributed by atoms with Crippen molar-refractivity contribution in [3.8, 4) is 0 Å². The molecule has 2 saturated heterocycles. The number of nitrogens with one attached hydrogen (secondary N) is 1. The van der Waals surface area contributed by atoms with Gasteiger partial charge in [-0.3, -0.25) is 5.10 Å². The number of alkyl halides is 1. The molecule has 1 aromatic carbocycles. The first-order valence-electron chi connectivity index (χ1n) is 13.2. The summed E-state index contributed by atoms with van der Waals surface area (Å²) in [4.78, 5) is 1.98. The number of fused-ring (bicyclic) bond motifs is 2. The van der Waals surface area contributed by atoms with Crippen molar-refractivity contribution < 1.29 is 19.3 Å². The van der Waals surface area contributed by atoms with Crippen molar-refractivity contribution in [3.05, 3.63) is 36.0 Å². The Balaban J connectivity index is 1.28. The number of allylic oxidation sites excluding steroid dienone is 2. The van der Waals surface area contributed by atoms with Crippen molar-refractivity contribution in [1.82, 2.24) is 15.1 Å². The van der Waals surface area contributed by atoms with E-state index in [2.05, 4.69) is 41.4 Å². The van der Waals surface area contributed by atoms with Gasteiger partial charge in [-0.05, 0) is 87.7 Å². The first-order chi connectivity index (χ1) is 16.6. The third-order valence-electron chi connectivity index (χ3n) is 11.0. The highest BCUT2D eigenvalue weighted by Crippen LogP contribution is 2.72. The Morgan fingerprint density at radius 3 is 2.74 bits per heavy atom. The predicted octanol–water partition coefficient (Wildman–Crippen LogP) is 3.84. The van der Waals surface area contributed by atoms with E-state index in [0.717, 1.165) is 30.2 Å². The molecule has 3 unspecified atom stereocenters. The van der Waals surface area contributed by atoms with Crippen LogP contribution in [0.4, 0.5) is 4.39 Å². The summed E-state index contributed by atoms with van der Waals surface area (Å²) in [6, 6.07) is 6.24. The minimum Gasteiger partial charge on any atom is -0.390 e. The smallest absolute Gasteiger partial charge is 0.140 e. The molecule has 9 atom stereocenters. The molecule has 2 saturated carbocycles. The zero-order valence-corrected chi connectivity index (χ0v) is 20.8. The number of hydrogen-bond donors (Lipinski definition) is 3. The number of rotatable bonds is 2. The number of ether oxygens (including phenoxy) is 1. The monoisotopic (exact) mass is 481 g/mol. The standard InChI is InChI=1S/C28H36FN3O3/c1-25-8-10-27(29)13-19-23(33)24(34)21(32(2)3)14-26(19)9-11-28(27,35-26)22(25)7-5-18(25)16-4-6-20-17(12-16)15-30-31-20/h4-6,12,15,19,21-24,33-34H,7-11,13-14H2,1-3H3,(H,30,31)/t19?,21-,22?,23+,24+,25+,26+,27?,28-/m0/s1. The summed E-state index contributed by atoms with van der Waals surface area (Å²) >= 11 is 0. The Morgan fingerprint density at radius 1 is 1.11 bits per heavy atom. The fourth-order valence-corrected chi connectivity index (χ4v) is 9.12. The minimum atomic E-state index is -1.48. The second-order valence-corrected chi connectivity index (χ2v) is 12.5. The fraction of sp³-hybridized carbons (Fsp3) is 0.679. The number of aliphatic hydroxyl groups excluding tert-OH is 2. The SMILES string of the molecule is CN(C)[C@H]1C[C@@]23CC[C@]4(O2)C2CC=C(c5ccc6[nH]ncc6c5)[C@@]2(C)CCC4(F)CC3[C@@H](O)[C@@H]1O. The van der Waals surface area contributed by atoms with Crippen molar-refractivity contribution in [2.45, 2.75) is 87.0 Å². The topological polar surface area (TPSA) is 81.6 Å². The molecule has 1 aromatic heterocycles. The lowest BCUT2D eigenvalue weighted by molar-refractivity contribution is -0.314. The Kier molecular flexibility index (Phi) is 4.44. The molecule has 0 radical (unpaired) electrons. The van der Waals surface area contributed by atoms with Crippen LogP contribution in [0.15, 0.2) is 30.5 Å². The zero-order chi connectivity index (χ0) is 24.4. The van der Waals surface area contributed by atoms with Gasteiger partial charge >= 0.3 is 0 Å². The summed E-state index contributed by atoms with van der Waals surface area (Å²) in [5.74, 6) is -0.304. The molecule has 4 fully saturated rings. The number of aliphatic hydroxyl groups is 2. The molecule has 6 nitrogen and oxygen atoms in total. The number of halogens is 1. The van der Waals surface area contributed by atoms with Crippen LogP contribution in [0.1, 0.15) is 57.4 Å². The lowest BCUT2D eigenvalue weighted by atomic mass is 9.51. The van der Waals surface area contributed by atoms with E-state index in [9.17, 15) is 10.2 Å². The Hall–Kier alpha value is -1.80. The van der Waals surface area contributed by atoms with Gasteiger partial charge in [-0.1, -0.05) is 19.1 Å². The summed E-state index contributed by atoms with van der Waals surface area (Å²) in [5, 5.41) is 30.3. The molecule has 35 heavy (non-hydrogen) atoms. The van der Waals surface area contributed by atoms with E-state index in [1.807, 2.05) is 25.2 Å². The summed E-state index contributed by atoms with van der Waals surface area (Å²) in [7, 11) is 3.87. The van der Waals surface area contributed by atoms with Crippen LogP contribution >= 0.6 is 0 Å². The van der Waals surface area contributed by atoms with Gasteiger partial charge in [-0.2, -0.15) is 5.10 Å². The number of nitrogens with zero attached hydrogens (tertiary/aromatic N) is 2. The lowest BCUT2D eigenvalue weighted by Gasteiger charge is -2.64. The summed E-state index contributed by atoms with van der Waals surface area (Å²) < 4.78 is 24.2. The molecule has 3 N–H and O–H groups in total. The largest absolute Gasteiger partial charge is 0.390 e. The lowest BCUT2D eigenvalue weighted by Crippen LogP contribution is -2.72. The summed E-state index contributed by atoms with van der Waals surface area (Å²) in [6.45, 7) is 2.31. The first kappa shape index (κ1) is 22.4. The zero-order valence-electron chi connectivity index (χ0n) is 20.8. The van der Waals surface area contributed by atoms with Crippen LogP contribution in [-0.2, 0) is 4.74 Å². The average Bonchev–Trinajstić information content (AvgIpc) is 3.52. The van der Waals surface area contributed by atoms with Crippen molar-refractivity contribution >= 4 is 16.5 Å². The Morgan fingerprint density at radius 2 is 1.94 bits per heavy atom. The maximum Gasteiger partial charge on any atom is 0.140 e. The predicted molar refractivity (Wildman–Crippen MR) is 131 cm³/mol. The number of H-pyrrole nitrogens is 1. The molecule has 2 aliphatic heterocycles. The number of aromatic amines is 1. The van der Waals surface area contributed by atoms with Crippen LogP contribution in [-0.4, -0.2) is 74.5 Å². The van der Waals surface area contributed by atoms with Gasteiger partial charge < -0.3 is 19.8 Å². The average molecular weight is 482 g/mol. The second-order valence-electron chi connectivity index (χ2n) is 12.5. The van der Waals surface area contributed by atoms with E-state index in [-0.39, 0.29) is 29.7 Å². The van der Waals surface area contributed by atoms with Crippen LogP contribution < -0.4 is 0 Å². The maximum atomic E-state index is 17.2. The molecule has 2 aromatic rings. The van der Waals surface area contributed by atoms with Crippen LogP contribution in [0.25, 0.3) is 16.5 Å². The van der Waals surface area contributed by atoms with Gasteiger partial charge in [0.25, 0.3) is 0 Å². The van der Waals surface area contributed by atoms with E-state index in [0.29, 0.717) is 19.3 Å². The van der Waals surface area contributed by atoms with Gasteiger partial charge in [0, 0.05) is 23.3 Å². The van der Waals surface area contributed by atoms with E-state index in [4.69, 9.17) is 4.74 Å². The summed E-state index contributed by atoms with van der Waals surface area (Å²) in [5.41, 5.74) is 0.459. The second kappa shape index (κ2) is 6.94. The molecule has 2 bridgehead atoms. The highest BCUT2D eigenvalue weighted by Gasteiger charge is 2.77. The van der Waals surface area contributed by atoms with Gasteiger partial charge in [-0.25, -0.2) is 4.39 Å². The Labute approximate surface area is 205 Å². The van der Waals surface area contributed by atoms with E-state index in [1.165, 1.54) is 11.1 Å². The highest BCUT2D eigenvalue weighted by atomic mass is 19.1. The molecule has 7 rings (SSSR count). The number of hydrogen-bond acceptors (Lipinski definition) is 5. The maximum absolute atomic E-state index is 17.2. The normalized spacial score (nSPS) is 48.5. The van der Waals surface area contributed by atoms with Crippen molar-refractivity contribution in [2.24, 2.45) is 17.3 Å². The molecule has 3 heterocycles. The van der Waals surface area contributed by atoms with Crippen molar-refractivity contribution in [1.29, 1.82) is 0 Å². The van der Waals surface area contributed by atoms with Crippen molar-refractivity contribution in [3.63, 3.8) is 0 Å². The third kappa shape index (κ3) is 2.65. The molecule has 5 aliphatic rings. The van der Waals surface area contributed by atoms with Gasteiger partial charge in [0.05, 0.1) is 29.5 Å². The van der Waals surface area contributed by atoms with Gasteiger partial charge in [0.1, 0.15) is 11.3 Å². The molecule has 3 aliphatic carbocycles. The molecular formula is C28H36FN3O3. The molecule has 0 amide bonds. The third-order valence-corrected chi connectivity index (χ3v) is 11.0. The number of likely N-dealkylation sites (N-methyl/N-ethyl adjacent to an activating group) is 1. The molecular weight excluding hydrogens is 445 g/mol. The quantitative estimate of drug-likeness (QED) is 0.607. The summed E-state index contributed by atoms with van der Waals surface area (Å²) in [6.07, 6.45) is 6.69. The van der Waals surface area contributed by atoms with Gasteiger partial charge in [0.15, 0.2) is 0 Å². The van der Waals surface area contributed by atoms with E-state index in [1.54, 1.807) is 0 Å². The minimum absolute atomic E-state index is 0.0610. The van der Waals surface area contributed by atoms with Gasteiger partial charge in [0.2, 0.25) is 0 Å². The van der Waals surface area contributed by atoms with Crippen LogP contribution in [0, 0.1) is 17.3 Å². The number of benzene rings is 1. The van der Waals surface area contributed by atoms with Crippen LogP contribution in [0.5, 0.6) is 0 Å². The molecule has 188 valence electrons.